The molecule has 1 aromatic rings. The molecule has 1 fully saturated rings. The zero-order chi connectivity index (χ0) is 12.3. The fourth-order valence-electron chi connectivity index (χ4n) is 1.93. The summed E-state index contributed by atoms with van der Waals surface area (Å²) in [6, 6.07) is 0.118. The highest BCUT2D eigenvalue weighted by Crippen LogP contribution is 2.21. The molecular formula is C12H20N2O2S. The van der Waals surface area contributed by atoms with E-state index in [1.807, 2.05) is 0 Å². The molecule has 0 radical (unpaired) electrons. The van der Waals surface area contributed by atoms with Gasteiger partial charge in [-0.15, -0.1) is 11.3 Å². The summed E-state index contributed by atoms with van der Waals surface area (Å²) in [4.78, 5) is 6.88. The van der Waals surface area contributed by atoms with Crippen LogP contribution in [0, 0.1) is 0 Å². The lowest BCUT2D eigenvalue weighted by Crippen LogP contribution is -2.46. The highest BCUT2D eigenvalue weighted by atomic mass is 32.1. The normalized spacial score (nSPS) is 22.2. The lowest BCUT2D eigenvalue weighted by molar-refractivity contribution is -0.0316. The van der Waals surface area contributed by atoms with Crippen LogP contribution in [0.15, 0.2) is 5.38 Å². The molecule has 0 aliphatic carbocycles. The van der Waals surface area contributed by atoms with E-state index >= 15 is 0 Å². The van der Waals surface area contributed by atoms with E-state index in [1.54, 1.807) is 11.3 Å². The van der Waals surface area contributed by atoms with Crippen molar-refractivity contribution in [3.05, 3.63) is 16.1 Å². The molecule has 17 heavy (non-hydrogen) atoms. The van der Waals surface area contributed by atoms with E-state index < -0.39 is 0 Å². The Labute approximate surface area is 106 Å². The van der Waals surface area contributed by atoms with Crippen LogP contribution in [-0.4, -0.2) is 47.4 Å². The Hall–Kier alpha value is -0.490. The smallest absolute Gasteiger partial charge is 0.0954 e. The van der Waals surface area contributed by atoms with Crippen LogP contribution in [0.5, 0.6) is 0 Å². The predicted octanol–water partition coefficient (Wildman–Crippen LogP) is 1.46. The Morgan fingerprint density at radius 3 is 3.12 bits per heavy atom. The minimum absolute atomic E-state index is 0.118. The van der Waals surface area contributed by atoms with Crippen molar-refractivity contribution in [1.82, 2.24) is 9.88 Å². The Bertz CT molecular complexity index is 354. The molecular weight excluding hydrogens is 236 g/mol. The number of thiazole rings is 1. The summed E-state index contributed by atoms with van der Waals surface area (Å²) >= 11 is 1.72. The second-order valence-electron chi connectivity index (χ2n) is 4.71. The van der Waals surface area contributed by atoms with Gasteiger partial charge in [-0.2, -0.15) is 0 Å². The molecule has 1 saturated heterocycles. The molecule has 0 aromatic carbocycles. The molecule has 2 rings (SSSR count). The number of ether oxygens (including phenoxy) is 1. The van der Waals surface area contributed by atoms with E-state index in [9.17, 15) is 5.11 Å². The van der Waals surface area contributed by atoms with Gasteiger partial charge < -0.3 is 9.84 Å². The lowest BCUT2D eigenvalue weighted by atomic mass is 10.2. The number of aliphatic hydroxyl groups is 1. The van der Waals surface area contributed by atoms with Gasteiger partial charge in [-0.25, -0.2) is 4.98 Å². The van der Waals surface area contributed by atoms with Crippen LogP contribution in [0.25, 0.3) is 0 Å². The summed E-state index contributed by atoms with van der Waals surface area (Å²) in [5.74, 6) is 0.493. The first-order chi connectivity index (χ1) is 8.20. The minimum Gasteiger partial charge on any atom is -0.395 e. The first-order valence-corrected chi connectivity index (χ1v) is 6.95. The van der Waals surface area contributed by atoms with Crippen molar-refractivity contribution in [3.63, 3.8) is 0 Å². The predicted molar refractivity (Wildman–Crippen MR) is 68.3 cm³/mol. The third kappa shape index (κ3) is 3.25. The van der Waals surface area contributed by atoms with Crippen LogP contribution in [-0.2, 0) is 11.3 Å². The first-order valence-electron chi connectivity index (χ1n) is 6.07. The number of rotatable bonds is 4. The summed E-state index contributed by atoms with van der Waals surface area (Å²) in [5.41, 5.74) is 1.11. The van der Waals surface area contributed by atoms with Crippen LogP contribution in [0.3, 0.4) is 0 Å². The highest BCUT2D eigenvalue weighted by Gasteiger charge is 2.23. The topological polar surface area (TPSA) is 45.6 Å². The van der Waals surface area contributed by atoms with Gasteiger partial charge in [0.05, 0.1) is 36.6 Å². The molecule has 1 N–H and O–H groups in total. The maximum atomic E-state index is 9.29. The van der Waals surface area contributed by atoms with Crippen molar-refractivity contribution in [1.29, 1.82) is 0 Å². The van der Waals surface area contributed by atoms with E-state index in [4.69, 9.17) is 4.74 Å². The molecule has 1 atom stereocenters. The maximum absolute atomic E-state index is 9.29. The third-order valence-corrected chi connectivity index (χ3v) is 4.18. The molecule has 0 amide bonds. The molecule has 2 heterocycles. The molecule has 1 aromatic heterocycles. The summed E-state index contributed by atoms with van der Waals surface area (Å²) in [7, 11) is 0. The average molecular weight is 256 g/mol. The van der Waals surface area contributed by atoms with Gasteiger partial charge in [0.2, 0.25) is 0 Å². The molecule has 0 bridgehead atoms. The van der Waals surface area contributed by atoms with E-state index in [0.29, 0.717) is 12.5 Å². The quantitative estimate of drug-likeness (QED) is 0.886. The van der Waals surface area contributed by atoms with Gasteiger partial charge in [-0.1, -0.05) is 13.8 Å². The van der Waals surface area contributed by atoms with Crippen LogP contribution in [0.4, 0.5) is 0 Å². The van der Waals surface area contributed by atoms with Crippen LogP contribution < -0.4 is 0 Å². The van der Waals surface area contributed by atoms with Crippen molar-refractivity contribution < 1.29 is 9.84 Å². The monoisotopic (exact) mass is 256 g/mol. The van der Waals surface area contributed by atoms with Crippen molar-refractivity contribution in [3.8, 4) is 0 Å². The first kappa shape index (κ1) is 13.0. The Balaban J connectivity index is 1.98. The summed E-state index contributed by atoms with van der Waals surface area (Å²) in [6.45, 7) is 7.54. The van der Waals surface area contributed by atoms with Crippen LogP contribution >= 0.6 is 11.3 Å². The van der Waals surface area contributed by atoms with Gasteiger partial charge in [0.25, 0.3) is 0 Å². The molecule has 1 aliphatic heterocycles. The van der Waals surface area contributed by atoms with E-state index in [1.165, 1.54) is 5.01 Å². The zero-order valence-corrected chi connectivity index (χ0v) is 11.2. The summed E-state index contributed by atoms with van der Waals surface area (Å²) in [5, 5.41) is 12.6. The SMILES string of the molecule is CC(C)c1nc(CN2CCOCC2CO)cs1. The van der Waals surface area contributed by atoms with Crippen LogP contribution in [0.1, 0.15) is 30.5 Å². The fourth-order valence-corrected chi connectivity index (χ4v) is 2.76. The Morgan fingerprint density at radius 1 is 1.65 bits per heavy atom. The summed E-state index contributed by atoms with van der Waals surface area (Å²) in [6.07, 6.45) is 0. The Morgan fingerprint density at radius 2 is 2.47 bits per heavy atom. The highest BCUT2D eigenvalue weighted by molar-refractivity contribution is 7.09. The second-order valence-corrected chi connectivity index (χ2v) is 5.60. The molecule has 1 aliphatic rings. The molecule has 1 unspecified atom stereocenters. The molecule has 0 spiro atoms. The molecule has 96 valence electrons. The third-order valence-electron chi connectivity index (χ3n) is 2.99. The summed E-state index contributed by atoms with van der Waals surface area (Å²) < 4.78 is 5.36. The van der Waals surface area contributed by atoms with Gasteiger partial charge >= 0.3 is 0 Å². The number of hydrogen-bond donors (Lipinski definition) is 1. The van der Waals surface area contributed by atoms with E-state index in [0.717, 1.165) is 25.4 Å². The number of hydrogen-bond acceptors (Lipinski definition) is 5. The van der Waals surface area contributed by atoms with Crippen molar-refractivity contribution in [2.45, 2.75) is 32.4 Å². The number of nitrogens with zero attached hydrogens (tertiary/aromatic N) is 2. The fraction of sp³-hybridized carbons (Fsp3) is 0.750. The van der Waals surface area contributed by atoms with Gasteiger partial charge in [0.15, 0.2) is 0 Å². The van der Waals surface area contributed by atoms with Crippen molar-refractivity contribution in [2.75, 3.05) is 26.4 Å². The molecule has 5 heteroatoms. The van der Waals surface area contributed by atoms with E-state index in [2.05, 4.69) is 29.1 Å². The molecule has 0 saturated carbocycles. The second kappa shape index (κ2) is 5.91. The van der Waals surface area contributed by atoms with Crippen molar-refractivity contribution in [2.24, 2.45) is 0 Å². The van der Waals surface area contributed by atoms with Gasteiger partial charge in [-0.3, -0.25) is 4.90 Å². The van der Waals surface area contributed by atoms with Gasteiger partial charge in [0, 0.05) is 24.4 Å². The van der Waals surface area contributed by atoms with E-state index in [-0.39, 0.29) is 12.6 Å². The maximum Gasteiger partial charge on any atom is 0.0954 e. The zero-order valence-electron chi connectivity index (χ0n) is 10.4. The number of aromatic nitrogens is 1. The van der Waals surface area contributed by atoms with Gasteiger partial charge in [0.1, 0.15) is 0 Å². The molecule has 4 nitrogen and oxygen atoms in total. The number of morpholine rings is 1. The van der Waals surface area contributed by atoms with Crippen LogP contribution in [0.2, 0.25) is 0 Å². The standard InChI is InChI=1S/C12H20N2O2S/c1-9(2)12-13-10(8-17-12)5-14-3-4-16-7-11(14)6-15/h8-9,11,15H,3-7H2,1-2H3. The Kier molecular flexibility index (Phi) is 4.50. The number of aliphatic hydroxyl groups excluding tert-OH is 1. The average Bonchev–Trinajstić information content (AvgIpc) is 2.78. The largest absolute Gasteiger partial charge is 0.395 e. The van der Waals surface area contributed by atoms with Crippen molar-refractivity contribution >= 4 is 11.3 Å². The van der Waals surface area contributed by atoms with Gasteiger partial charge in [-0.05, 0) is 0 Å². The minimum atomic E-state index is 0.118. The lowest BCUT2D eigenvalue weighted by Gasteiger charge is -2.33.